The van der Waals surface area contributed by atoms with Gasteiger partial charge in [0.15, 0.2) is 0 Å². The van der Waals surface area contributed by atoms with Gasteiger partial charge in [-0.15, -0.1) is 0 Å². The number of carboxylic acid groups (broad SMARTS) is 1. The smallest absolute Gasteiger partial charge is 0.364 e. The fraction of sp³-hybridized carbons (Fsp3) is 0. The number of hydrogen-bond donors (Lipinski definition) is 1. The molecule has 0 atom stereocenters. The molecule has 0 bridgehead atoms. The highest BCUT2D eigenvalue weighted by Gasteiger charge is 2.05. The van der Waals surface area contributed by atoms with Gasteiger partial charge in [-0.2, -0.15) is 4.39 Å². The number of hydrogen-bond acceptors (Lipinski definition) is 1. The van der Waals surface area contributed by atoms with Gasteiger partial charge in [-0.1, -0.05) is 29.3 Å². The maximum atomic E-state index is 12.6. The first kappa shape index (κ1) is 11.0. The maximum Gasteiger partial charge on any atom is 0.364 e. The molecule has 1 aromatic rings. The van der Waals surface area contributed by atoms with Crippen molar-refractivity contribution in [3.63, 3.8) is 0 Å². The minimum Gasteiger partial charge on any atom is -0.476 e. The minimum absolute atomic E-state index is 0.249. The van der Waals surface area contributed by atoms with Crippen molar-refractivity contribution >= 4 is 35.2 Å². The van der Waals surface area contributed by atoms with Crippen LogP contribution in [0.25, 0.3) is 6.08 Å². The molecule has 1 N–H and O–H groups in total. The van der Waals surface area contributed by atoms with Gasteiger partial charge in [-0.3, -0.25) is 0 Å². The van der Waals surface area contributed by atoms with E-state index in [2.05, 4.69) is 0 Å². The average molecular weight is 235 g/mol. The average Bonchev–Trinajstić information content (AvgIpc) is 2.11. The van der Waals surface area contributed by atoms with E-state index in [1.165, 1.54) is 18.2 Å². The molecule has 0 spiro atoms. The van der Waals surface area contributed by atoms with Crippen LogP contribution in [0.2, 0.25) is 10.0 Å². The van der Waals surface area contributed by atoms with E-state index in [0.717, 1.165) is 6.08 Å². The van der Waals surface area contributed by atoms with E-state index in [0.29, 0.717) is 10.6 Å². The zero-order valence-electron chi connectivity index (χ0n) is 6.80. The highest BCUT2D eigenvalue weighted by atomic mass is 35.5. The normalized spacial score (nSPS) is 11.5. The highest BCUT2D eigenvalue weighted by molar-refractivity contribution is 6.42. The van der Waals surface area contributed by atoms with Crippen molar-refractivity contribution in [2.45, 2.75) is 0 Å². The predicted octanol–water partition coefficient (Wildman–Crippen LogP) is 3.39. The SMILES string of the molecule is O=C(O)C(F)=Cc1ccc(Cl)c(Cl)c1. The third-order valence-electron chi connectivity index (χ3n) is 1.44. The van der Waals surface area contributed by atoms with E-state index in [4.69, 9.17) is 28.3 Å². The summed E-state index contributed by atoms with van der Waals surface area (Å²) in [5.74, 6) is -2.86. The molecule has 0 heterocycles. The molecule has 0 aliphatic heterocycles. The van der Waals surface area contributed by atoms with Crippen molar-refractivity contribution in [1.29, 1.82) is 0 Å². The zero-order valence-corrected chi connectivity index (χ0v) is 8.31. The largest absolute Gasteiger partial charge is 0.476 e. The Morgan fingerprint density at radius 3 is 2.50 bits per heavy atom. The van der Waals surface area contributed by atoms with Crippen LogP contribution < -0.4 is 0 Å². The summed E-state index contributed by atoms with van der Waals surface area (Å²) in [5, 5.41) is 8.85. The van der Waals surface area contributed by atoms with E-state index >= 15 is 0 Å². The topological polar surface area (TPSA) is 37.3 Å². The molecule has 0 aromatic heterocycles. The number of carbonyl (C=O) groups is 1. The molecule has 0 saturated heterocycles. The first-order chi connectivity index (χ1) is 6.50. The maximum absolute atomic E-state index is 12.6. The molecule has 0 fully saturated rings. The van der Waals surface area contributed by atoms with Gasteiger partial charge >= 0.3 is 5.97 Å². The van der Waals surface area contributed by atoms with Crippen molar-refractivity contribution in [2.24, 2.45) is 0 Å². The second-order valence-electron chi connectivity index (χ2n) is 2.47. The number of halogens is 3. The Morgan fingerprint density at radius 2 is 2.00 bits per heavy atom. The first-order valence-corrected chi connectivity index (χ1v) is 4.32. The lowest BCUT2D eigenvalue weighted by atomic mass is 10.2. The van der Waals surface area contributed by atoms with Gasteiger partial charge in [0.1, 0.15) is 0 Å². The van der Waals surface area contributed by atoms with E-state index in [1.54, 1.807) is 0 Å². The Labute approximate surface area is 89.6 Å². The molecule has 5 heteroatoms. The first-order valence-electron chi connectivity index (χ1n) is 3.56. The molecule has 0 amide bonds. The third kappa shape index (κ3) is 2.72. The molecule has 0 unspecified atom stereocenters. The van der Waals surface area contributed by atoms with Crippen LogP contribution in [-0.4, -0.2) is 11.1 Å². The standard InChI is InChI=1S/C9H5Cl2FO2/c10-6-2-1-5(3-7(6)11)4-8(12)9(13)14/h1-4H,(H,13,14). The Bertz CT molecular complexity index is 402. The van der Waals surface area contributed by atoms with E-state index < -0.39 is 11.8 Å². The van der Waals surface area contributed by atoms with Gasteiger partial charge in [-0.25, -0.2) is 4.79 Å². The van der Waals surface area contributed by atoms with Gasteiger partial charge in [0.25, 0.3) is 0 Å². The molecule has 74 valence electrons. The van der Waals surface area contributed by atoms with Crippen LogP contribution in [0, 0.1) is 0 Å². The van der Waals surface area contributed by atoms with Crippen molar-refractivity contribution in [1.82, 2.24) is 0 Å². The van der Waals surface area contributed by atoms with Crippen LogP contribution in [-0.2, 0) is 4.79 Å². The van der Waals surface area contributed by atoms with Crippen molar-refractivity contribution in [3.8, 4) is 0 Å². The summed E-state index contributed by atoms with van der Waals surface area (Å²) in [6, 6.07) is 4.31. The quantitative estimate of drug-likeness (QED) is 0.797. The summed E-state index contributed by atoms with van der Waals surface area (Å²) >= 11 is 11.3. The van der Waals surface area contributed by atoms with Crippen LogP contribution in [0.15, 0.2) is 24.0 Å². The van der Waals surface area contributed by atoms with Gasteiger partial charge in [0.05, 0.1) is 10.0 Å². The Kier molecular flexibility index (Phi) is 3.49. The molecule has 0 radical (unpaired) electrons. The summed E-state index contributed by atoms with van der Waals surface area (Å²) in [6.07, 6.45) is 0.866. The van der Waals surface area contributed by atoms with Crippen molar-refractivity contribution < 1.29 is 14.3 Å². The number of carboxylic acids is 1. The fourth-order valence-corrected chi connectivity index (χ4v) is 1.12. The fourth-order valence-electron chi connectivity index (χ4n) is 0.810. The molecule has 1 rings (SSSR count). The second kappa shape index (κ2) is 4.44. The minimum atomic E-state index is -1.61. The van der Waals surface area contributed by atoms with Crippen molar-refractivity contribution in [3.05, 3.63) is 39.6 Å². The number of benzene rings is 1. The molecule has 0 aliphatic rings. The molecular weight excluding hydrogens is 230 g/mol. The van der Waals surface area contributed by atoms with Crippen molar-refractivity contribution in [2.75, 3.05) is 0 Å². The van der Waals surface area contributed by atoms with Crippen LogP contribution in [0.3, 0.4) is 0 Å². The van der Waals surface area contributed by atoms with E-state index in [1.807, 2.05) is 0 Å². The summed E-state index contributed by atoms with van der Waals surface area (Å²) in [5.41, 5.74) is 0.347. The summed E-state index contributed by atoms with van der Waals surface area (Å²) < 4.78 is 12.6. The zero-order chi connectivity index (χ0) is 10.7. The molecule has 14 heavy (non-hydrogen) atoms. The van der Waals surface area contributed by atoms with Gasteiger partial charge < -0.3 is 5.11 Å². The predicted molar refractivity (Wildman–Crippen MR) is 53.2 cm³/mol. The summed E-state index contributed by atoms with van der Waals surface area (Å²) in [4.78, 5) is 10.2. The highest BCUT2D eigenvalue weighted by Crippen LogP contribution is 2.23. The lowest BCUT2D eigenvalue weighted by Gasteiger charge is -1.97. The van der Waals surface area contributed by atoms with Gasteiger partial charge in [0.2, 0.25) is 5.83 Å². The molecule has 2 nitrogen and oxygen atoms in total. The molecular formula is C9H5Cl2FO2. The summed E-state index contributed by atoms with van der Waals surface area (Å²) in [7, 11) is 0. The Hall–Kier alpha value is -1.06. The molecule has 1 aromatic carbocycles. The van der Waals surface area contributed by atoms with Crippen LogP contribution in [0.1, 0.15) is 5.56 Å². The van der Waals surface area contributed by atoms with E-state index in [-0.39, 0.29) is 5.02 Å². The van der Waals surface area contributed by atoms with E-state index in [9.17, 15) is 9.18 Å². The molecule has 0 saturated carbocycles. The lowest BCUT2D eigenvalue weighted by molar-refractivity contribution is -0.134. The second-order valence-corrected chi connectivity index (χ2v) is 3.29. The monoisotopic (exact) mass is 234 g/mol. The molecule has 0 aliphatic carbocycles. The number of aliphatic carboxylic acids is 1. The third-order valence-corrected chi connectivity index (χ3v) is 2.18. The lowest BCUT2D eigenvalue weighted by Crippen LogP contribution is -1.93. The Balaban J connectivity index is 3.04. The summed E-state index contributed by atoms with van der Waals surface area (Å²) in [6.45, 7) is 0. The number of rotatable bonds is 2. The van der Waals surface area contributed by atoms with Crippen LogP contribution in [0.4, 0.5) is 4.39 Å². The van der Waals surface area contributed by atoms with Crippen LogP contribution >= 0.6 is 23.2 Å². The Morgan fingerprint density at radius 1 is 1.36 bits per heavy atom. The van der Waals surface area contributed by atoms with Crippen LogP contribution in [0.5, 0.6) is 0 Å². The van der Waals surface area contributed by atoms with Gasteiger partial charge in [-0.05, 0) is 23.8 Å². The van der Waals surface area contributed by atoms with Gasteiger partial charge in [0, 0.05) is 0 Å².